The molecule has 0 saturated heterocycles. The van der Waals surface area contributed by atoms with Crippen LogP contribution in [0, 0.1) is 11.8 Å². The van der Waals surface area contributed by atoms with Crippen molar-refractivity contribution in [1.29, 1.82) is 0 Å². The van der Waals surface area contributed by atoms with Gasteiger partial charge < -0.3 is 10.6 Å². The molecular formula is C17H20N4OS2. The molecule has 7 heteroatoms. The van der Waals surface area contributed by atoms with Crippen molar-refractivity contribution in [3.05, 3.63) is 35.9 Å². The first kappa shape index (κ1) is 18.3. The molecular weight excluding hydrogens is 340 g/mol. The summed E-state index contributed by atoms with van der Waals surface area (Å²) in [5.41, 5.74) is 6.51. The molecule has 0 saturated carbocycles. The topological polar surface area (TPSA) is 72.1 Å². The predicted molar refractivity (Wildman–Crippen MR) is 99.9 cm³/mol. The van der Waals surface area contributed by atoms with Gasteiger partial charge in [0.1, 0.15) is 0 Å². The van der Waals surface area contributed by atoms with Crippen LogP contribution in [0.2, 0.25) is 0 Å². The fourth-order valence-corrected chi connectivity index (χ4v) is 3.43. The molecule has 0 bridgehead atoms. The summed E-state index contributed by atoms with van der Waals surface area (Å²) < 4.78 is 0.715. The van der Waals surface area contributed by atoms with Crippen LogP contribution >= 0.6 is 23.1 Å². The largest absolute Gasteiger partial charge is 0.374 e. The van der Waals surface area contributed by atoms with Gasteiger partial charge in [-0.1, -0.05) is 66.5 Å². The Morgan fingerprint density at radius 3 is 2.79 bits per heavy atom. The van der Waals surface area contributed by atoms with Crippen molar-refractivity contribution in [2.24, 2.45) is 0 Å². The lowest BCUT2D eigenvalue weighted by molar-refractivity contribution is -0.127. The quantitative estimate of drug-likeness (QED) is 0.607. The van der Waals surface area contributed by atoms with Crippen LogP contribution < -0.4 is 5.73 Å². The van der Waals surface area contributed by atoms with E-state index in [1.807, 2.05) is 30.3 Å². The highest BCUT2D eigenvalue weighted by Gasteiger charge is 2.13. The Kier molecular flexibility index (Phi) is 7.59. The van der Waals surface area contributed by atoms with Crippen LogP contribution in [-0.2, 0) is 4.79 Å². The summed E-state index contributed by atoms with van der Waals surface area (Å²) in [6, 6.07) is 9.78. The molecule has 2 N–H and O–H groups in total. The van der Waals surface area contributed by atoms with Crippen LogP contribution in [0.15, 0.2) is 34.7 Å². The number of unbranched alkanes of at least 4 members (excludes halogenated alkanes) is 1. The van der Waals surface area contributed by atoms with Crippen LogP contribution in [0.5, 0.6) is 0 Å². The molecule has 0 fully saturated rings. The van der Waals surface area contributed by atoms with Gasteiger partial charge in [0, 0.05) is 12.1 Å². The summed E-state index contributed by atoms with van der Waals surface area (Å²) in [7, 11) is 0. The molecule has 0 aliphatic heterocycles. The first-order valence-corrected chi connectivity index (χ1v) is 9.52. The van der Waals surface area contributed by atoms with Crippen molar-refractivity contribution in [3.63, 3.8) is 0 Å². The van der Waals surface area contributed by atoms with E-state index in [-0.39, 0.29) is 5.91 Å². The van der Waals surface area contributed by atoms with E-state index in [1.54, 1.807) is 4.90 Å². The lowest BCUT2D eigenvalue weighted by Crippen LogP contribution is -2.33. The average Bonchev–Trinajstić information content (AvgIpc) is 3.02. The molecule has 0 spiro atoms. The van der Waals surface area contributed by atoms with E-state index in [9.17, 15) is 4.79 Å². The van der Waals surface area contributed by atoms with Gasteiger partial charge in [0.15, 0.2) is 4.34 Å². The van der Waals surface area contributed by atoms with Crippen molar-refractivity contribution >= 4 is 34.1 Å². The Hall–Kier alpha value is -2.04. The Balaban J connectivity index is 1.91. The van der Waals surface area contributed by atoms with Gasteiger partial charge in [0.05, 0.1) is 12.3 Å². The summed E-state index contributed by atoms with van der Waals surface area (Å²) in [5.74, 6) is 6.57. The zero-order chi connectivity index (χ0) is 17.2. The normalized spacial score (nSPS) is 10.0. The first-order valence-electron chi connectivity index (χ1n) is 7.72. The van der Waals surface area contributed by atoms with Crippen molar-refractivity contribution < 1.29 is 4.79 Å². The maximum Gasteiger partial charge on any atom is 0.233 e. The fraction of sp³-hybridized carbons (Fsp3) is 0.353. The molecule has 1 aromatic heterocycles. The number of benzene rings is 1. The molecule has 1 amide bonds. The molecule has 0 atom stereocenters. The molecule has 2 rings (SSSR count). The summed E-state index contributed by atoms with van der Waals surface area (Å²) in [6.45, 7) is 3.27. The molecule has 126 valence electrons. The van der Waals surface area contributed by atoms with Gasteiger partial charge in [0.2, 0.25) is 11.0 Å². The van der Waals surface area contributed by atoms with E-state index in [1.165, 1.54) is 23.1 Å². The number of nitrogens with two attached hydrogens (primary N) is 1. The zero-order valence-electron chi connectivity index (χ0n) is 13.6. The number of hydrogen-bond acceptors (Lipinski definition) is 6. The molecule has 1 heterocycles. The molecule has 0 unspecified atom stereocenters. The highest BCUT2D eigenvalue weighted by Crippen LogP contribution is 2.23. The van der Waals surface area contributed by atoms with Gasteiger partial charge in [-0.25, -0.2) is 0 Å². The number of amides is 1. The highest BCUT2D eigenvalue weighted by atomic mass is 32.2. The van der Waals surface area contributed by atoms with Crippen LogP contribution in [0.1, 0.15) is 25.3 Å². The van der Waals surface area contributed by atoms with Gasteiger partial charge in [-0.2, -0.15) is 0 Å². The molecule has 0 aliphatic carbocycles. The van der Waals surface area contributed by atoms with E-state index < -0.39 is 0 Å². The number of aromatic nitrogens is 2. The maximum absolute atomic E-state index is 12.4. The molecule has 1 aromatic carbocycles. The number of rotatable bonds is 7. The van der Waals surface area contributed by atoms with Crippen molar-refractivity contribution in [1.82, 2.24) is 15.1 Å². The van der Waals surface area contributed by atoms with Crippen LogP contribution in [-0.4, -0.2) is 39.8 Å². The Morgan fingerprint density at radius 1 is 1.33 bits per heavy atom. The van der Waals surface area contributed by atoms with Crippen LogP contribution in [0.3, 0.4) is 0 Å². The second kappa shape index (κ2) is 9.96. The smallest absolute Gasteiger partial charge is 0.233 e. The van der Waals surface area contributed by atoms with Gasteiger partial charge in [-0.05, 0) is 18.6 Å². The van der Waals surface area contributed by atoms with Crippen LogP contribution in [0.4, 0.5) is 5.13 Å². The number of anilines is 1. The summed E-state index contributed by atoms with van der Waals surface area (Å²) in [5, 5.41) is 8.09. The second-order valence-electron chi connectivity index (χ2n) is 5.03. The highest BCUT2D eigenvalue weighted by molar-refractivity contribution is 8.01. The average molecular weight is 361 g/mol. The number of carbonyl (C=O) groups is 1. The summed E-state index contributed by atoms with van der Waals surface area (Å²) in [6.07, 6.45) is 2.01. The summed E-state index contributed by atoms with van der Waals surface area (Å²) in [4.78, 5) is 14.2. The first-order chi connectivity index (χ1) is 11.7. The lowest BCUT2D eigenvalue weighted by atomic mass is 10.2. The Morgan fingerprint density at radius 2 is 2.12 bits per heavy atom. The predicted octanol–water partition coefficient (Wildman–Crippen LogP) is 2.89. The number of nitrogens with zero attached hydrogens (tertiary/aromatic N) is 3. The molecule has 5 nitrogen and oxygen atoms in total. The van der Waals surface area contributed by atoms with Crippen molar-refractivity contribution in [2.75, 3.05) is 24.6 Å². The van der Waals surface area contributed by atoms with Gasteiger partial charge in [0.25, 0.3) is 0 Å². The molecule has 0 radical (unpaired) electrons. The maximum atomic E-state index is 12.4. The van der Waals surface area contributed by atoms with Gasteiger partial charge >= 0.3 is 0 Å². The SMILES string of the molecule is CCCCN(CC#Cc1ccccc1)C(=O)CSc1nnc(N)s1. The second-order valence-corrected chi connectivity index (χ2v) is 7.26. The summed E-state index contributed by atoms with van der Waals surface area (Å²) >= 11 is 2.66. The van der Waals surface area contributed by atoms with E-state index >= 15 is 0 Å². The number of carbonyl (C=O) groups excluding carboxylic acids is 1. The van der Waals surface area contributed by atoms with Crippen molar-refractivity contribution in [2.45, 2.75) is 24.1 Å². The Labute approximate surface area is 150 Å². The van der Waals surface area contributed by atoms with E-state index in [0.717, 1.165) is 24.9 Å². The third-order valence-corrected chi connectivity index (χ3v) is 5.02. The van der Waals surface area contributed by atoms with Crippen LogP contribution in [0.25, 0.3) is 0 Å². The molecule has 2 aromatic rings. The van der Waals surface area contributed by atoms with E-state index in [4.69, 9.17) is 5.73 Å². The monoisotopic (exact) mass is 360 g/mol. The van der Waals surface area contributed by atoms with Gasteiger partial charge in [-0.15, -0.1) is 10.2 Å². The molecule has 24 heavy (non-hydrogen) atoms. The van der Waals surface area contributed by atoms with Gasteiger partial charge in [-0.3, -0.25) is 4.79 Å². The third-order valence-electron chi connectivity index (χ3n) is 3.15. The fourth-order valence-electron chi connectivity index (χ4n) is 1.89. The standard InChI is InChI=1S/C17H20N4OS2/c1-2-3-11-21(12-7-10-14-8-5-4-6-9-14)15(22)13-23-17-20-19-16(18)24-17/h4-6,8-9H,2-3,11-13H2,1H3,(H2,18,19). The number of hydrogen-bond donors (Lipinski definition) is 1. The minimum atomic E-state index is 0.0598. The molecule has 0 aliphatic rings. The minimum absolute atomic E-state index is 0.0598. The number of thioether (sulfide) groups is 1. The van der Waals surface area contributed by atoms with E-state index in [0.29, 0.717) is 21.8 Å². The van der Waals surface area contributed by atoms with Crippen molar-refractivity contribution in [3.8, 4) is 11.8 Å². The number of nitrogen functional groups attached to an aromatic ring is 1. The Bertz CT molecular complexity index is 706. The lowest BCUT2D eigenvalue weighted by Gasteiger charge is -2.19. The third kappa shape index (κ3) is 6.22. The zero-order valence-corrected chi connectivity index (χ0v) is 15.2. The minimum Gasteiger partial charge on any atom is -0.374 e. The van der Waals surface area contributed by atoms with E-state index in [2.05, 4.69) is 29.0 Å².